The molecule has 4 heteroatoms. The summed E-state index contributed by atoms with van der Waals surface area (Å²) in [7, 11) is 0. The predicted octanol–water partition coefficient (Wildman–Crippen LogP) is 1.99. The zero-order chi connectivity index (χ0) is 8.82. The molecular weight excluding hydrogens is 199 g/mol. The summed E-state index contributed by atoms with van der Waals surface area (Å²) in [4.78, 5) is 0. The topological polar surface area (TPSA) is 32.8 Å². The van der Waals surface area contributed by atoms with E-state index in [0.717, 1.165) is 0 Å². The van der Waals surface area contributed by atoms with Gasteiger partial charge in [0, 0.05) is 5.56 Å². The SMILES string of the molecule is OC1(c2ccccc2)OC1(Cl)Cl. The van der Waals surface area contributed by atoms with Crippen LogP contribution in [-0.4, -0.2) is 9.63 Å². The molecule has 12 heavy (non-hydrogen) atoms. The van der Waals surface area contributed by atoms with Crippen LogP contribution in [0.3, 0.4) is 0 Å². The fourth-order valence-corrected chi connectivity index (χ4v) is 1.49. The zero-order valence-corrected chi connectivity index (χ0v) is 7.51. The highest BCUT2D eigenvalue weighted by atomic mass is 35.5. The molecule has 1 aliphatic rings. The summed E-state index contributed by atoms with van der Waals surface area (Å²) in [6, 6.07) is 8.79. The summed E-state index contributed by atoms with van der Waals surface area (Å²) in [6.07, 6.45) is 0. The van der Waals surface area contributed by atoms with Crippen molar-refractivity contribution in [2.75, 3.05) is 0 Å². The second-order valence-electron chi connectivity index (χ2n) is 2.63. The Morgan fingerprint density at radius 3 is 2.08 bits per heavy atom. The highest BCUT2D eigenvalue weighted by molar-refractivity contribution is 6.49. The molecule has 1 fully saturated rings. The van der Waals surface area contributed by atoms with E-state index in [1.165, 1.54) is 0 Å². The summed E-state index contributed by atoms with van der Waals surface area (Å²) in [5, 5.41) is 9.64. The van der Waals surface area contributed by atoms with E-state index in [0.29, 0.717) is 5.56 Å². The van der Waals surface area contributed by atoms with Gasteiger partial charge in [0.15, 0.2) is 0 Å². The molecular formula is C8H6Cl2O2. The molecule has 0 aromatic heterocycles. The average molecular weight is 205 g/mol. The lowest BCUT2D eigenvalue weighted by atomic mass is 10.1. The van der Waals surface area contributed by atoms with Gasteiger partial charge in [-0.05, 0) is 0 Å². The zero-order valence-electron chi connectivity index (χ0n) is 6.00. The van der Waals surface area contributed by atoms with Crippen LogP contribution in [0.15, 0.2) is 30.3 Å². The van der Waals surface area contributed by atoms with Crippen LogP contribution < -0.4 is 0 Å². The van der Waals surface area contributed by atoms with Crippen LogP contribution in [0, 0.1) is 0 Å². The number of ether oxygens (including phenoxy) is 1. The van der Waals surface area contributed by atoms with Gasteiger partial charge in [-0.1, -0.05) is 53.5 Å². The first kappa shape index (κ1) is 8.32. The van der Waals surface area contributed by atoms with Crippen molar-refractivity contribution in [1.29, 1.82) is 0 Å². The fraction of sp³-hybridized carbons (Fsp3) is 0.250. The highest BCUT2D eigenvalue weighted by Crippen LogP contribution is 2.59. The fourth-order valence-electron chi connectivity index (χ4n) is 1.05. The van der Waals surface area contributed by atoms with Gasteiger partial charge in [0.05, 0.1) is 0 Å². The van der Waals surface area contributed by atoms with Crippen molar-refractivity contribution < 1.29 is 9.84 Å². The smallest absolute Gasteiger partial charge is 0.280 e. The molecule has 1 heterocycles. The van der Waals surface area contributed by atoms with Crippen molar-refractivity contribution >= 4 is 23.2 Å². The molecule has 1 aromatic carbocycles. The van der Waals surface area contributed by atoms with Crippen molar-refractivity contribution in [3.8, 4) is 0 Å². The maximum absolute atomic E-state index is 9.64. The number of epoxide rings is 1. The standard InChI is InChI=1S/C8H6Cl2O2/c9-8(10)7(11,12-8)6-4-2-1-3-5-6/h1-5,11H. The molecule has 1 N–H and O–H groups in total. The van der Waals surface area contributed by atoms with Gasteiger partial charge in [-0.25, -0.2) is 0 Å². The van der Waals surface area contributed by atoms with Crippen LogP contribution in [0.2, 0.25) is 0 Å². The summed E-state index contributed by atoms with van der Waals surface area (Å²) in [5.41, 5.74) is 0.565. The molecule has 1 unspecified atom stereocenters. The van der Waals surface area contributed by atoms with Crippen molar-refractivity contribution in [3.63, 3.8) is 0 Å². The van der Waals surface area contributed by atoms with E-state index in [1.807, 2.05) is 6.07 Å². The number of halogens is 2. The number of alkyl halides is 2. The maximum Gasteiger partial charge on any atom is 0.280 e. The largest absolute Gasteiger partial charge is 0.357 e. The molecule has 0 radical (unpaired) electrons. The van der Waals surface area contributed by atoms with Gasteiger partial charge in [0.2, 0.25) is 0 Å². The number of hydrogen-bond acceptors (Lipinski definition) is 2. The lowest BCUT2D eigenvalue weighted by Crippen LogP contribution is -2.13. The third-order valence-electron chi connectivity index (χ3n) is 1.79. The Labute approximate surface area is 79.7 Å². The van der Waals surface area contributed by atoms with E-state index in [9.17, 15) is 5.11 Å². The van der Waals surface area contributed by atoms with Crippen molar-refractivity contribution in [2.24, 2.45) is 0 Å². The van der Waals surface area contributed by atoms with Crippen molar-refractivity contribution in [1.82, 2.24) is 0 Å². The lowest BCUT2D eigenvalue weighted by molar-refractivity contribution is 0.0333. The third-order valence-corrected chi connectivity index (χ3v) is 2.46. The van der Waals surface area contributed by atoms with Gasteiger partial charge >= 0.3 is 0 Å². The molecule has 0 spiro atoms. The summed E-state index contributed by atoms with van der Waals surface area (Å²) in [5.74, 6) is -1.53. The van der Waals surface area contributed by atoms with E-state index in [1.54, 1.807) is 24.3 Å². The summed E-state index contributed by atoms with van der Waals surface area (Å²) < 4.78 is 3.27. The molecule has 0 aliphatic carbocycles. The minimum absolute atomic E-state index is 0.565. The van der Waals surface area contributed by atoms with Crippen LogP contribution in [0.5, 0.6) is 0 Å². The average Bonchev–Trinajstić information content (AvgIpc) is 2.55. The van der Waals surface area contributed by atoms with Crippen LogP contribution in [0.25, 0.3) is 0 Å². The molecule has 1 saturated heterocycles. The second kappa shape index (κ2) is 2.36. The lowest BCUT2D eigenvalue weighted by Gasteiger charge is -2.04. The number of benzene rings is 1. The monoisotopic (exact) mass is 204 g/mol. The molecule has 0 bridgehead atoms. The predicted molar refractivity (Wildman–Crippen MR) is 45.9 cm³/mol. The minimum atomic E-state index is -1.53. The van der Waals surface area contributed by atoms with Gasteiger partial charge in [0.25, 0.3) is 10.3 Å². The molecule has 1 aliphatic heterocycles. The Kier molecular flexibility index (Phi) is 1.64. The maximum atomic E-state index is 9.64. The van der Waals surface area contributed by atoms with E-state index in [4.69, 9.17) is 27.9 Å². The number of rotatable bonds is 1. The molecule has 64 valence electrons. The van der Waals surface area contributed by atoms with Crippen LogP contribution in [0.1, 0.15) is 5.56 Å². The first-order valence-corrected chi connectivity index (χ1v) is 4.18. The van der Waals surface area contributed by atoms with Crippen LogP contribution >= 0.6 is 23.2 Å². The first-order chi connectivity index (χ1) is 5.56. The minimum Gasteiger partial charge on any atom is -0.357 e. The number of hydrogen-bond donors (Lipinski definition) is 1. The van der Waals surface area contributed by atoms with Gasteiger partial charge in [-0.15, -0.1) is 0 Å². The van der Waals surface area contributed by atoms with Gasteiger partial charge in [-0.3, -0.25) is 4.74 Å². The first-order valence-electron chi connectivity index (χ1n) is 3.42. The van der Waals surface area contributed by atoms with E-state index in [-0.39, 0.29) is 0 Å². The Bertz CT molecular complexity index is 299. The molecule has 2 nitrogen and oxygen atoms in total. The normalized spacial score (nSPS) is 31.6. The van der Waals surface area contributed by atoms with Gasteiger partial charge < -0.3 is 5.11 Å². The molecule has 0 saturated carbocycles. The van der Waals surface area contributed by atoms with Gasteiger partial charge in [0.1, 0.15) is 0 Å². The number of aliphatic hydroxyl groups is 1. The van der Waals surface area contributed by atoms with Crippen LogP contribution in [-0.2, 0) is 10.5 Å². The van der Waals surface area contributed by atoms with Crippen molar-refractivity contribution in [2.45, 2.75) is 10.3 Å². The highest BCUT2D eigenvalue weighted by Gasteiger charge is 2.70. The Hall–Kier alpha value is -0.280. The van der Waals surface area contributed by atoms with E-state index >= 15 is 0 Å². The van der Waals surface area contributed by atoms with Crippen LogP contribution in [0.4, 0.5) is 0 Å². The van der Waals surface area contributed by atoms with E-state index in [2.05, 4.69) is 0 Å². The third kappa shape index (κ3) is 1.04. The molecule has 0 amide bonds. The second-order valence-corrected chi connectivity index (χ2v) is 3.89. The summed E-state index contributed by atoms with van der Waals surface area (Å²) >= 11 is 11.2. The van der Waals surface area contributed by atoms with Gasteiger partial charge in [-0.2, -0.15) is 0 Å². The summed E-state index contributed by atoms with van der Waals surface area (Å²) in [6.45, 7) is 0. The Balaban J connectivity index is 2.35. The molecule has 2 rings (SSSR count). The Morgan fingerprint density at radius 1 is 1.17 bits per heavy atom. The van der Waals surface area contributed by atoms with Crippen molar-refractivity contribution in [3.05, 3.63) is 35.9 Å². The molecule has 1 atom stereocenters. The van der Waals surface area contributed by atoms with E-state index < -0.39 is 10.3 Å². The molecule has 1 aromatic rings. The quantitative estimate of drug-likeness (QED) is 0.561. The Morgan fingerprint density at radius 2 is 1.67 bits per heavy atom.